The monoisotopic (exact) mass is 340 g/mol. The first-order valence-corrected chi connectivity index (χ1v) is 9.46. The van der Waals surface area contributed by atoms with Crippen LogP contribution in [0.4, 0.5) is 0 Å². The maximum atomic E-state index is 12.8. The molecule has 1 saturated carbocycles. The van der Waals surface area contributed by atoms with Gasteiger partial charge in [0, 0.05) is 26.7 Å². The van der Waals surface area contributed by atoms with E-state index in [9.17, 15) is 8.42 Å². The standard InChI is InChI=1S/C16H24N2O4S/c1-17(11-13-8-9-15-16(10-13)22-12-21-15)23(19,20)18(2)14-6-4-3-5-7-14/h8-10,14H,3-7,11-12H2,1-2H3. The smallest absolute Gasteiger partial charge is 0.282 e. The molecule has 1 aliphatic carbocycles. The summed E-state index contributed by atoms with van der Waals surface area (Å²) >= 11 is 0. The van der Waals surface area contributed by atoms with Gasteiger partial charge in [0.1, 0.15) is 0 Å². The average molecular weight is 340 g/mol. The predicted octanol–water partition coefficient (Wildman–Crippen LogP) is 2.36. The van der Waals surface area contributed by atoms with Gasteiger partial charge in [-0.1, -0.05) is 25.3 Å². The van der Waals surface area contributed by atoms with Gasteiger partial charge in [-0.05, 0) is 30.5 Å². The van der Waals surface area contributed by atoms with E-state index in [0.717, 1.165) is 31.2 Å². The van der Waals surface area contributed by atoms with Crippen LogP contribution in [0.15, 0.2) is 18.2 Å². The van der Waals surface area contributed by atoms with Crippen molar-refractivity contribution in [2.75, 3.05) is 20.9 Å². The molecular weight excluding hydrogens is 316 g/mol. The zero-order chi connectivity index (χ0) is 16.4. The second-order valence-electron chi connectivity index (χ2n) is 6.26. The minimum absolute atomic E-state index is 0.118. The van der Waals surface area contributed by atoms with E-state index in [1.165, 1.54) is 10.7 Å². The Morgan fingerprint density at radius 2 is 1.78 bits per heavy atom. The minimum atomic E-state index is -3.46. The van der Waals surface area contributed by atoms with Crippen molar-refractivity contribution in [3.63, 3.8) is 0 Å². The van der Waals surface area contributed by atoms with Crippen molar-refractivity contribution in [2.45, 2.75) is 44.7 Å². The molecule has 1 heterocycles. The highest BCUT2D eigenvalue weighted by Crippen LogP contribution is 2.33. The Morgan fingerprint density at radius 3 is 2.52 bits per heavy atom. The highest BCUT2D eigenvalue weighted by atomic mass is 32.2. The Bertz CT molecular complexity index is 656. The highest BCUT2D eigenvalue weighted by Gasteiger charge is 2.31. The molecule has 7 heteroatoms. The second kappa shape index (κ2) is 6.67. The fourth-order valence-corrected chi connectivity index (χ4v) is 4.57. The molecule has 1 aliphatic heterocycles. The predicted molar refractivity (Wildman–Crippen MR) is 87.6 cm³/mol. The van der Waals surface area contributed by atoms with E-state index in [0.29, 0.717) is 18.0 Å². The molecule has 0 unspecified atom stereocenters. The zero-order valence-corrected chi connectivity index (χ0v) is 14.5. The van der Waals surface area contributed by atoms with Crippen LogP contribution in [0.1, 0.15) is 37.7 Å². The SMILES string of the molecule is CN(Cc1ccc2c(c1)OCO2)S(=O)(=O)N(C)C1CCCCC1. The third-order valence-electron chi connectivity index (χ3n) is 4.69. The van der Waals surface area contributed by atoms with E-state index < -0.39 is 10.2 Å². The summed E-state index contributed by atoms with van der Waals surface area (Å²) in [6, 6.07) is 5.66. The van der Waals surface area contributed by atoms with Gasteiger partial charge in [-0.2, -0.15) is 17.0 Å². The number of fused-ring (bicyclic) bond motifs is 1. The lowest BCUT2D eigenvalue weighted by Gasteiger charge is -2.33. The summed E-state index contributed by atoms with van der Waals surface area (Å²) in [7, 11) is -0.136. The minimum Gasteiger partial charge on any atom is -0.454 e. The molecule has 0 saturated heterocycles. The topological polar surface area (TPSA) is 59.1 Å². The summed E-state index contributed by atoms with van der Waals surface area (Å²) < 4.78 is 39.1. The van der Waals surface area contributed by atoms with E-state index >= 15 is 0 Å². The summed E-state index contributed by atoms with van der Waals surface area (Å²) in [6.07, 6.45) is 5.32. The molecule has 2 aliphatic rings. The largest absolute Gasteiger partial charge is 0.454 e. The summed E-state index contributed by atoms with van der Waals surface area (Å²) in [5.74, 6) is 1.38. The van der Waals surface area contributed by atoms with Gasteiger partial charge in [0.2, 0.25) is 6.79 Å². The molecule has 0 aromatic heterocycles. The maximum Gasteiger partial charge on any atom is 0.282 e. The van der Waals surface area contributed by atoms with Crippen LogP contribution in [0, 0.1) is 0 Å². The fourth-order valence-electron chi connectivity index (χ4n) is 3.23. The van der Waals surface area contributed by atoms with Crippen LogP contribution in [0.5, 0.6) is 11.5 Å². The van der Waals surface area contributed by atoms with Gasteiger partial charge >= 0.3 is 0 Å². The molecule has 3 rings (SSSR count). The number of nitrogens with zero attached hydrogens (tertiary/aromatic N) is 2. The molecule has 1 aromatic rings. The molecule has 0 radical (unpaired) electrons. The Morgan fingerprint density at radius 1 is 1.09 bits per heavy atom. The lowest BCUT2D eigenvalue weighted by atomic mass is 9.96. The first-order chi connectivity index (χ1) is 11.0. The first kappa shape index (κ1) is 16.5. The van der Waals surface area contributed by atoms with Crippen molar-refractivity contribution >= 4 is 10.2 Å². The lowest BCUT2D eigenvalue weighted by molar-refractivity contribution is 0.174. The van der Waals surface area contributed by atoms with E-state index in [4.69, 9.17) is 9.47 Å². The normalized spacial score (nSPS) is 18.8. The van der Waals surface area contributed by atoms with Crippen LogP contribution in [-0.4, -0.2) is 44.0 Å². The third-order valence-corrected chi connectivity index (χ3v) is 6.63. The Balaban J connectivity index is 1.69. The third kappa shape index (κ3) is 3.46. The quantitative estimate of drug-likeness (QED) is 0.826. The van der Waals surface area contributed by atoms with Crippen molar-refractivity contribution in [2.24, 2.45) is 0 Å². The van der Waals surface area contributed by atoms with Crippen LogP contribution in [0.2, 0.25) is 0 Å². The maximum absolute atomic E-state index is 12.8. The molecular formula is C16H24N2O4S. The number of benzene rings is 1. The molecule has 0 amide bonds. The molecule has 0 atom stereocenters. The van der Waals surface area contributed by atoms with E-state index in [-0.39, 0.29) is 12.8 Å². The van der Waals surface area contributed by atoms with Crippen LogP contribution in [0.25, 0.3) is 0 Å². The van der Waals surface area contributed by atoms with Gasteiger partial charge in [0.05, 0.1) is 0 Å². The second-order valence-corrected chi connectivity index (χ2v) is 8.35. The number of rotatable bonds is 5. The summed E-state index contributed by atoms with van der Waals surface area (Å²) in [4.78, 5) is 0. The van der Waals surface area contributed by atoms with Crippen molar-refractivity contribution in [3.8, 4) is 11.5 Å². The average Bonchev–Trinajstić information content (AvgIpc) is 3.02. The van der Waals surface area contributed by atoms with Gasteiger partial charge in [-0.25, -0.2) is 0 Å². The Hall–Kier alpha value is -1.31. The van der Waals surface area contributed by atoms with Gasteiger partial charge < -0.3 is 9.47 Å². The van der Waals surface area contributed by atoms with Crippen LogP contribution in [0.3, 0.4) is 0 Å². The lowest BCUT2D eigenvalue weighted by Crippen LogP contribution is -2.45. The zero-order valence-electron chi connectivity index (χ0n) is 13.7. The molecule has 23 heavy (non-hydrogen) atoms. The summed E-state index contributed by atoms with van der Waals surface area (Å²) in [5, 5.41) is 0. The number of hydrogen-bond donors (Lipinski definition) is 0. The van der Waals surface area contributed by atoms with Gasteiger partial charge in [0.25, 0.3) is 10.2 Å². The van der Waals surface area contributed by atoms with Crippen molar-refractivity contribution in [3.05, 3.63) is 23.8 Å². The van der Waals surface area contributed by atoms with Crippen molar-refractivity contribution < 1.29 is 17.9 Å². The van der Waals surface area contributed by atoms with Gasteiger partial charge in [-0.3, -0.25) is 0 Å². The van der Waals surface area contributed by atoms with Crippen molar-refractivity contribution in [1.29, 1.82) is 0 Å². The Kier molecular flexibility index (Phi) is 4.79. The molecule has 0 spiro atoms. The van der Waals surface area contributed by atoms with Crippen LogP contribution >= 0.6 is 0 Å². The molecule has 0 bridgehead atoms. The number of hydrogen-bond acceptors (Lipinski definition) is 4. The summed E-state index contributed by atoms with van der Waals surface area (Å²) in [6.45, 7) is 0.535. The van der Waals surface area contributed by atoms with Crippen LogP contribution in [-0.2, 0) is 16.8 Å². The van der Waals surface area contributed by atoms with E-state index in [1.807, 2.05) is 18.2 Å². The number of ether oxygens (including phenoxy) is 2. The van der Waals surface area contributed by atoms with E-state index in [2.05, 4.69) is 0 Å². The first-order valence-electron chi connectivity index (χ1n) is 8.06. The van der Waals surface area contributed by atoms with E-state index in [1.54, 1.807) is 18.4 Å². The summed E-state index contributed by atoms with van der Waals surface area (Å²) in [5.41, 5.74) is 0.886. The van der Waals surface area contributed by atoms with Gasteiger partial charge in [-0.15, -0.1) is 0 Å². The molecule has 1 aromatic carbocycles. The molecule has 128 valence electrons. The van der Waals surface area contributed by atoms with Crippen LogP contribution < -0.4 is 9.47 Å². The van der Waals surface area contributed by atoms with Crippen molar-refractivity contribution in [1.82, 2.24) is 8.61 Å². The highest BCUT2D eigenvalue weighted by molar-refractivity contribution is 7.86. The molecule has 0 N–H and O–H groups in total. The molecule has 1 fully saturated rings. The Labute approximate surface area is 138 Å². The fraction of sp³-hybridized carbons (Fsp3) is 0.625. The molecule has 6 nitrogen and oxygen atoms in total. The van der Waals surface area contributed by atoms with Gasteiger partial charge in [0.15, 0.2) is 11.5 Å².